The zero-order chi connectivity index (χ0) is 13.9. The van der Waals surface area contributed by atoms with E-state index in [-0.39, 0.29) is 10.3 Å². The molecule has 0 bridgehead atoms. The van der Waals surface area contributed by atoms with Crippen LogP contribution in [0.1, 0.15) is 25.7 Å². The van der Waals surface area contributed by atoms with Gasteiger partial charge < -0.3 is 0 Å². The van der Waals surface area contributed by atoms with Gasteiger partial charge in [-0.3, -0.25) is 4.98 Å². The fourth-order valence-corrected chi connectivity index (χ4v) is 4.24. The second kappa shape index (κ2) is 5.85. The summed E-state index contributed by atoms with van der Waals surface area (Å²) in [5, 5.41) is 0.768. The van der Waals surface area contributed by atoms with E-state index in [0.717, 1.165) is 49.5 Å². The van der Waals surface area contributed by atoms with Gasteiger partial charge in [0.25, 0.3) is 0 Å². The number of rotatable bonds is 5. The molecule has 2 rings (SSSR count). The van der Waals surface area contributed by atoms with Gasteiger partial charge in [0.05, 0.1) is 6.20 Å². The molecule has 1 aliphatic carbocycles. The molecular weight excluding hydrogens is 335 g/mol. The van der Waals surface area contributed by atoms with Gasteiger partial charge in [0.1, 0.15) is 10.7 Å². The summed E-state index contributed by atoms with van der Waals surface area (Å²) in [4.78, 5) is 3.43. The van der Waals surface area contributed by atoms with Crippen LogP contribution in [0, 0.1) is 11.2 Å². The van der Waals surface area contributed by atoms with Gasteiger partial charge in [-0.05, 0) is 24.3 Å². The maximum Gasteiger partial charge on any atom is 0.242 e. The first-order chi connectivity index (χ1) is 8.97. The van der Waals surface area contributed by atoms with E-state index < -0.39 is 15.8 Å². The van der Waals surface area contributed by atoms with Crippen molar-refractivity contribution in [2.45, 2.75) is 30.6 Å². The quantitative estimate of drug-likeness (QED) is 0.829. The van der Waals surface area contributed by atoms with E-state index in [1.165, 1.54) is 0 Å². The van der Waals surface area contributed by atoms with Crippen molar-refractivity contribution in [2.24, 2.45) is 5.41 Å². The molecule has 0 atom stereocenters. The third-order valence-corrected chi connectivity index (χ3v) is 6.13. The van der Waals surface area contributed by atoms with Crippen molar-refractivity contribution in [1.29, 1.82) is 0 Å². The van der Waals surface area contributed by atoms with Crippen LogP contribution in [0.4, 0.5) is 4.39 Å². The van der Waals surface area contributed by atoms with Gasteiger partial charge in [-0.25, -0.2) is 17.5 Å². The van der Waals surface area contributed by atoms with Gasteiger partial charge in [-0.2, -0.15) is 0 Å². The number of hydrogen-bond acceptors (Lipinski definition) is 3. The molecule has 0 saturated heterocycles. The lowest BCUT2D eigenvalue weighted by Gasteiger charge is -2.26. The molecule has 0 spiro atoms. The van der Waals surface area contributed by atoms with Gasteiger partial charge in [0, 0.05) is 18.1 Å². The van der Waals surface area contributed by atoms with E-state index in [0.29, 0.717) is 6.54 Å². The summed E-state index contributed by atoms with van der Waals surface area (Å²) in [6.07, 6.45) is 6.38. The SMILES string of the molecule is O=S(=O)(NCC1(CBr)CCCC1)c1cncc(F)c1. The molecule has 4 nitrogen and oxygen atoms in total. The number of hydrogen-bond donors (Lipinski definition) is 1. The Balaban J connectivity index is 2.09. The summed E-state index contributed by atoms with van der Waals surface area (Å²) < 4.78 is 39.7. The van der Waals surface area contributed by atoms with E-state index in [1.54, 1.807) is 0 Å². The Kier molecular flexibility index (Phi) is 4.58. The smallest absolute Gasteiger partial charge is 0.242 e. The Morgan fingerprint density at radius 2 is 2.05 bits per heavy atom. The minimum atomic E-state index is -3.69. The van der Waals surface area contributed by atoms with Crippen molar-refractivity contribution < 1.29 is 12.8 Å². The highest BCUT2D eigenvalue weighted by atomic mass is 79.9. The zero-order valence-corrected chi connectivity index (χ0v) is 12.8. The number of nitrogens with zero attached hydrogens (tertiary/aromatic N) is 1. The maximum absolute atomic E-state index is 13.0. The van der Waals surface area contributed by atoms with E-state index in [4.69, 9.17) is 0 Å². The van der Waals surface area contributed by atoms with Crippen LogP contribution < -0.4 is 4.72 Å². The number of halogens is 2. The monoisotopic (exact) mass is 350 g/mol. The fraction of sp³-hybridized carbons (Fsp3) is 0.583. The topological polar surface area (TPSA) is 59.1 Å². The Morgan fingerprint density at radius 1 is 1.37 bits per heavy atom. The Labute approximate surface area is 121 Å². The summed E-state index contributed by atoms with van der Waals surface area (Å²) in [5.74, 6) is -0.654. The van der Waals surface area contributed by atoms with Crippen molar-refractivity contribution in [3.05, 3.63) is 24.3 Å². The maximum atomic E-state index is 13.0. The molecule has 1 aromatic heterocycles. The summed E-state index contributed by atoms with van der Waals surface area (Å²) in [6.45, 7) is 0.372. The van der Waals surface area contributed by atoms with Crippen LogP contribution in [-0.2, 0) is 10.0 Å². The molecule has 0 aliphatic heterocycles. The highest BCUT2D eigenvalue weighted by molar-refractivity contribution is 9.09. The molecule has 1 fully saturated rings. The molecule has 7 heteroatoms. The number of aromatic nitrogens is 1. The number of alkyl halides is 1. The molecule has 1 aromatic rings. The number of pyridine rings is 1. The van der Waals surface area contributed by atoms with Crippen molar-refractivity contribution in [3.63, 3.8) is 0 Å². The van der Waals surface area contributed by atoms with Crippen LogP contribution in [0.3, 0.4) is 0 Å². The third kappa shape index (κ3) is 3.52. The van der Waals surface area contributed by atoms with E-state index >= 15 is 0 Å². The zero-order valence-electron chi connectivity index (χ0n) is 10.4. The number of nitrogens with one attached hydrogen (secondary N) is 1. The van der Waals surface area contributed by atoms with Crippen molar-refractivity contribution in [1.82, 2.24) is 9.71 Å². The Hall–Kier alpha value is -0.530. The molecule has 1 saturated carbocycles. The first-order valence-electron chi connectivity index (χ1n) is 6.14. The largest absolute Gasteiger partial charge is 0.260 e. The molecule has 1 N–H and O–H groups in total. The third-order valence-electron chi connectivity index (χ3n) is 3.57. The summed E-state index contributed by atoms with van der Waals surface area (Å²) in [5.41, 5.74) is -0.0200. The van der Waals surface area contributed by atoms with Crippen LogP contribution in [0.25, 0.3) is 0 Å². The van der Waals surface area contributed by atoms with Crippen molar-refractivity contribution in [3.8, 4) is 0 Å². The average molecular weight is 351 g/mol. The molecule has 1 heterocycles. The van der Waals surface area contributed by atoms with Gasteiger partial charge in [-0.1, -0.05) is 28.8 Å². The first-order valence-corrected chi connectivity index (χ1v) is 8.74. The summed E-state index contributed by atoms with van der Waals surface area (Å²) in [7, 11) is -3.69. The van der Waals surface area contributed by atoms with E-state index in [1.807, 2.05) is 0 Å². The second-order valence-electron chi connectivity index (χ2n) is 5.00. The molecule has 0 amide bonds. The average Bonchev–Trinajstić information content (AvgIpc) is 2.86. The van der Waals surface area contributed by atoms with Gasteiger partial charge in [0.15, 0.2) is 0 Å². The molecule has 19 heavy (non-hydrogen) atoms. The lowest BCUT2D eigenvalue weighted by Crippen LogP contribution is -2.37. The fourth-order valence-electron chi connectivity index (χ4n) is 2.35. The Bertz CT molecular complexity index is 544. The Morgan fingerprint density at radius 3 is 2.63 bits per heavy atom. The van der Waals surface area contributed by atoms with Crippen LogP contribution in [0.5, 0.6) is 0 Å². The minimum absolute atomic E-state index is 0.0200. The van der Waals surface area contributed by atoms with Crippen molar-refractivity contribution in [2.75, 3.05) is 11.9 Å². The lowest BCUT2D eigenvalue weighted by atomic mass is 9.89. The van der Waals surface area contributed by atoms with Gasteiger partial charge in [0.2, 0.25) is 10.0 Å². The highest BCUT2D eigenvalue weighted by Gasteiger charge is 2.34. The molecule has 106 valence electrons. The minimum Gasteiger partial charge on any atom is -0.260 e. The molecular formula is C12H16BrFN2O2S. The van der Waals surface area contributed by atoms with Gasteiger partial charge in [-0.15, -0.1) is 0 Å². The predicted molar refractivity (Wildman–Crippen MR) is 74.1 cm³/mol. The molecule has 0 aromatic carbocycles. The second-order valence-corrected chi connectivity index (χ2v) is 7.33. The van der Waals surface area contributed by atoms with Crippen LogP contribution in [-0.4, -0.2) is 25.3 Å². The van der Waals surface area contributed by atoms with Crippen LogP contribution in [0.15, 0.2) is 23.4 Å². The summed E-state index contributed by atoms with van der Waals surface area (Å²) >= 11 is 3.46. The number of sulfonamides is 1. The first kappa shape index (κ1) is 14.9. The van der Waals surface area contributed by atoms with Crippen molar-refractivity contribution >= 4 is 26.0 Å². The normalized spacial score (nSPS) is 18.6. The molecule has 1 aliphatic rings. The lowest BCUT2D eigenvalue weighted by molar-refractivity contribution is 0.347. The highest BCUT2D eigenvalue weighted by Crippen LogP contribution is 2.39. The molecule has 0 radical (unpaired) electrons. The van der Waals surface area contributed by atoms with Crippen LogP contribution in [0.2, 0.25) is 0 Å². The van der Waals surface area contributed by atoms with Gasteiger partial charge >= 0.3 is 0 Å². The van der Waals surface area contributed by atoms with Crippen LogP contribution >= 0.6 is 15.9 Å². The van der Waals surface area contributed by atoms with E-state index in [2.05, 4.69) is 25.6 Å². The standard InChI is InChI=1S/C12H16BrFN2O2S/c13-8-12(3-1-2-4-12)9-16-19(17,18)11-5-10(14)6-15-7-11/h5-7,16H,1-4,8-9H2. The molecule has 0 unspecified atom stereocenters. The summed E-state index contributed by atoms with van der Waals surface area (Å²) in [6, 6.07) is 0.977. The van der Waals surface area contributed by atoms with E-state index in [9.17, 15) is 12.8 Å². The predicted octanol–water partition coefficient (Wildman–Crippen LogP) is 2.45.